The van der Waals surface area contributed by atoms with Gasteiger partial charge in [-0.1, -0.05) is 36.4 Å². The third kappa shape index (κ3) is 5.58. The predicted molar refractivity (Wildman–Crippen MR) is 113 cm³/mol. The van der Waals surface area contributed by atoms with E-state index in [1.165, 1.54) is 61.7 Å². The molecule has 0 heterocycles. The molecule has 0 aliphatic carbocycles. The highest BCUT2D eigenvalue weighted by Gasteiger charge is 2.42. The van der Waals surface area contributed by atoms with Crippen LogP contribution in [0.1, 0.15) is 22.0 Å². The number of carbonyl (C=O) groups excluding carboxylic acids is 1. The molecule has 1 atom stereocenters. The van der Waals surface area contributed by atoms with Crippen molar-refractivity contribution in [2.24, 2.45) is 0 Å². The van der Waals surface area contributed by atoms with Gasteiger partial charge in [0.2, 0.25) is 0 Å². The topological polar surface area (TPSA) is 84.5 Å². The third-order valence-electron chi connectivity index (χ3n) is 4.48. The van der Waals surface area contributed by atoms with E-state index in [-0.39, 0.29) is 21.7 Å². The molecule has 32 heavy (non-hydrogen) atoms. The van der Waals surface area contributed by atoms with E-state index in [4.69, 9.17) is 4.74 Å². The van der Waals surface area contributed by atoms with Crippen LogP contribution in [-0.4, -0.2) is 27.6 Å². The van der Waals surface area contributed by atoms with Crippen molar-refractivity contribution >= 4 is 21.6 Å². The Morgan fingerprint density at radius 3 is 2.19 bits per heavy atom. The number of methoxy groups -OCH3 is 1. The molecule has 0 aromatic heterocycles. The van der Waals surface area contributed by atoms with Crippen LogP contribution in [-0.2, 0) is 10.0 Å². The van der Waals surface area contributed by atoms with Crippen molar-refractivity contribution in [1.29, 1.82) is 0 Å². The second-order valence-corrected chi connectivity index (χ2v) is 8.40. The lowest BCUT2D eigenvalue weighted by Gasteiger charge is -2.22. The predicted octanol–water partition coefficient (Wildman–Crippen LogP) is 4.53. The maximum Gasteiger partial charge on any atom is 0.412 e. The Morgan fingerprint density at radius 1 is 0.938 bits per heavy atom. The van der Waals surface area contributed by atoms with Crippen LogP contribution >= 0.6 is 0 Å². The number of rotatable bonds is 7. The first kappa shape index (κ1) is 23.1. The normalized spacial score (nSPS) is 12.6. The van der Waals surface area contributed by atoms with Gasteiger partial charge in [-0.25, -0.2) is 8.42 Å². The van der Waals surface area contributed by atoms with Crippen molar-refractivity contribution < 1.29 is 31.1 Å². The number of benzene rings is 3. The smallest absolute Gasteiger partial charge is 0.412 e. The molecule has 0 spiro atoms. The zero-order chi connectivity index (χ0) is 23.4. The number of alkyl halides is 3. The van der Waals surface area contributed by atoms with Crippen molar-refractivity contribution in [3.8, 4) is 5.75 Å². The van der Waals surface area contributed by atoms with E-state index in [9.17, 15) is 26.4 Å². The van der Waals surface area contributed by atoms with Gasteiger partial charge in [0, 0.05) is 11.3 Å². The zero-order valence-electron chi connectivity index (χ0n) is 16.8. The van der Waals surface area contributed by atoms with Gasteiger partial charge in [0.05, 0.1) is 12.0 Å². The molecule has 0 fully saturated rings. The minimum Gasteiger partial charge on any atom is -0.497 e. The molecule has 0 saturated heterocycles. The Kier molecular flexibility index (Phi) is 6.73. The first-order valence-electron chi connectivity index (χ1n) is 9.29. The van der Waals surface area contributed by atoms with Crippen molar-refractivity contribution in [3.63, 3.8) is 0 Å². The summed E-state index contributed by atoms with van der Waals surface area (Å²) in [5, 5.41) is 1.94. The van der Waals surface area contributed by atoms with E-state index < -0.39 is 28.1 Å². The molecule has 6 nitrogen and oxygen atoms in total. The maximum atomic E-state index is 13.5. The number of carbonyl (C=O) groups is 1. The van der Waals surface area contributed by atoms with Gasteiger partial charge < -0.3 is 10.1 Å². The SMILES string of the molecule is COc1ccc(NS(=O)(=O)c2cccc(C(=O)NC(c3ccccc3)C(F)(F)F)c2)cc1. The molecule has 0 bridgehead atoms. The molecule has 1 unspecified atom stereocenters. The number of hydrogen-bond acceptors (Lipinski definition) is 4. The van der Waals surface area contributed by atoms with Crippen LogP contribution in [0.2, 0.25) is 0 Å². The molecule has 2 N–H and O–H groups in total. The first-order chi connectivity index (χ1) is 15.1. The summed E-state index contributed by atoms with van der Waals surface area (Å²) < 4.78 is 73.3. The quantitative estimate of drug-likeness (QED) is 0.538. The van der Waals surface area contributed by atoms with E-state index in [1.807, 2.05) is 5.32 Å². The average Bonchev–Trinajstić information content (AvgIpc) is 2.77. The van der Waals surface area contributed by atoms with Crippen LogP contribution in [0.3, 0.4) is 0 Å². The van der Waals surface area contributed by atoms with E-state index in [2.05, 4.69) is 4.72 Å². The second-order valence-electron chi connectivity index (χ2n) is 6.72. The molecule has 3 aromatic rings. The average molecular weight is 464 g/mol. The van der Waals surface area contributed by atoms with Crippen LogP contribution in [0.25, 0.3) is 0 Å². The van der Waals surface area contributed by atoms with Gasteiger partial charge in [-0.15, -0.1) is 0 Å². The minimum atomic E-state index is -4.74. The van der Waals surface area contributed by atoms with Gasteiger partial charge in [-0.05, 0) is 48.0 Å². The van der Waals surface area contributed by atoms with Crippen LogP contribution in [0.5, 0.6) is 5.75 Å². The van der Waals surface area contributed by atoms with E-state index in [0.29, 0.717) is 5.75 Å². The first-order valence-corrected chi connectivity index (χ1v) is 10.8. The Labute approximate surface area is 183 Å². The van der Waals surface area contributed by atoms with Crippen molar-refractivity contribution in [2.75, 3.05) is 11.8 Å². The summed E-state index contributed by atoms with van der Waals surface area (Å²) in [6.07, 6.45) is -4.74. The Balaban J connectivity index is 1.83. The molecule has 168 valence electrons. The van der Waals surface area contributed by atoms with Crippen LogP contribution < -0.4 is 14.8 Å². The number of anilines is 1. The molecule has 0 aliphatic rings. The fourth-order valence-corrected chi connectivity index (χ4v) is 4.00. The minimum absolute atomic E-state index is 0.140. The molecule has 3 aromatic carbocycles. The largest absolute Gasteiger partial charge is 0.497 e. The fourth-order valence-electron chi connectivity index (χ4n) is 2.89. The number of amides is 1. The second kappa shape index (κ2) is 9.31. The van der Waals surface area contributed by atoms with Crippen LogP contribution in [0.15, 0.2) is 83.8 Å². The molecule has 0 saturated carbocycles. The van der Waals surface area contributed by atoms with Crippen LogP contribution in [0, 0.1) is 0 Å². The van der Waals surface area contributed by atoms with E-state index in [0.717, 1.165) is 6.07 Å². The van der Waals surface area contributed by atoms with Crippen molar-refractivity contribution in [2.45, 2.75) is 17.1 Å². The monoisotopic (exact) mass is 464 g/mol. The molecule has 3 rings (SSSR count). The summed E-state index contributed by atoms with van der Waals surface area (Å²) in [6, 6.07) is 15.5. The van der Waals surface area contributed by atoms with Crippen molar-refractivity contribution in [1.82, 2.24) is 5.32 Å². The Bertz CT molecular complexity index is 1180. The van der Waals surface area contributed by atoms with Crippen molar-refractivity contribution in [3.05, 3.63) is 90.0 Å². The number of ether oxygens (including phenoxy) is 1. The lowest BCUT2D eigenvalue weighted by atomic mass is 10.1. The van der Waals surface area contributed by atoms with Gasteiger partial charge in [-0.2, -0.15) is 13.2 Å². The lowest BCUT2D eigenvalue weighted by Crippen LogP contribution is -2.38. The number of nitrogens with one attached hydrogen (secondary N) is 2. The zero-order valence-corrected chi connectivity index (χ0v) is 17.6. The molecular formula is C22H19F3N2O4S. The van der Waals surface area contributed by atoms with Gasteiger partial charge >= 0.3 is 6.18 Å². The highest BCUT2D eigenvalue weighted by atomic mass is 32.2. The number of sulfonamides is 1. The molecule has 1 amide bonds. The summed E-state index contributed by atoms with van der Waals surface area (Å²) in [6.45, 7) is 0. The van der Waals surface area contributed by atoms with Gasteiger partial charge in [-0.3, -0.25) is 9.52 Å². The summed E-state index contributed by atoms with van der Waals surface area (Å²) in [5.74, 6) is -0.526. The highest BCUT2D eigenvalue weighted by Crippen LogP contribution is 2.33. The van der Waals surface area contributed by atoms with E-state index in [1.54, 1.807) is 18.2 Å². The van der Waals surface area contributed by atoms with Crippen LogP contribution in [0.4, 0.5) is 18.9 Å². The standard InChI is InChI=1S/C22H19F3N2O4S/c1-31-18-12-10-17(11-13-18)27-32(29,30)19-9-5-8-16(14-19)21(28)26-20(22(23,24)25)15-6-3-2-4-7-15/h2-14,20,27H,1H3,(H,26,28). The Morgan fingerprint density at radius 2 is 1.59 bits per heavy atom. The maximum absolute atomic E-state index is 13.5. The third-order valence-corrected chi connectivity index (χ3v) is 5.86. The molecule has 0 radical (unpaired) electrons. The molecular weight excluding hydrogens is 445 g/mol. The van der Waals surface area contributed by atoms with Gasteiger partial charge in [0.15, 0.2) is 6.04 Å². The Hall–Kier alpha value is -3.53. The molecule has 10 heteroatoms. The van der Waals surface area contributed by atoms with Gasteiger partial charge in [0.25, 0.3) is 15.9 Å². The lowest BCUT2D eigenvalue weighted by molar-refractivity contribution is -0.155. The summed E-state index contributed by atoms with van der Waals surface area (Å²) in [4.78, 5) is 12.3. The number of halogens is 3. The van der Waals surface area contributed by atoms with Gasteiger partial charge in [0.1, 0.15) is 5.75 Å². The summed E-state index contributed by atoms with van der Waals surface area (Å²) in [7, 11) is -2.62. The number of hydrogen-bond donors (Lipinski definition) is 2. The van der Waals surface area contributed by atoms with E-state index >= 15 is 0 Å². The fraction of sp³-hybridized carbons (Fsp3) is 0.136. The summed E-state index contributed by atoms with van der Waals surface area (Å²) in [5.41, 5.74) is -0.118. The summed E-state index contributed by atoms with van der Waals surface area (Å²) >= 11 is 0. The molecule has 0 aliphatic heterocycles. The highest BCUT2D eigenvalue weighted by molar-refractivity contribution is 7.92.